The maximum Gasteiger partial charge on any atom is 0.311 e. The number of benzene rings is 3. The van der Waals surface area contributed by atoms with Gasteiger partial charge in [-0.05, 0) is 37.6 Å². The molecule has 206 valence electrons. The standard InChI is InChI=1S/C28H26ClN5O6/c1-5-40-22-11-10-16(12-21(22)34(36)37)26-25(15(2)30-28-32-18-8-6-7-9-20(18)33(26)28)27(35)31-19-14-23(38-3)17(29)13-24(19)39-4/h6-14,26H,5H2,1-4H3,(H,30,32)(H,31,35)/t26-/m1/s1. The molecule has 0 radical (unpaired) electrons. The van der Waals surface area contributed by atoms with E-state index in [9.17, 15) is 14.9 Å². The number of nitro groups is 1. The van der Waals surface area contributed by atoms with E-state index in [1.54, 1.807) is 38.1 Å². The van der Waals surface area contributed by atoms with Crippen LogP contribution in [0.1, 0.15) is 25.5 Å². The Bertz CT molecular complexity index is 1680. The molecule has 2 N–H and O–H groups in total. The number of ether oxygens (including phenoxy) is 3. The van der Waals surface area contributed by atoms with Gasteiger partial charge in [0.05, 0.1) is 59.1 Å². The number of nitro benzene ring substituents is 1. The van der Waals surface area contributed by atoms with Crippen LogP contribution in [0.15, 0.2) is 65.9 Å². The van der Waals surface area contributed by atoms with Crippen LogP contribution in [0.5, 0.6) is 17.2 Å². The van der Waals surface area contributed by atoms with Crippen LogP contribution in [0.4, 0.5) is 17.3 Å². The summed E-state index contributed by atoms with van der Waals surface area (Å²) in [5, 5.41) is 18.4. The minimum absolute atomic E-state index is 0.144. The van der Waals surface area contributed by atoms with Crippen molar-refractivity contribution in [3.8, 4) is 17.2 Å². The zero-order chi connectivity index (χ0) is 28.6. The fourth-order valence-electron chi connectivity index (χ4n) is 4.85. The smallest absolute Gasteiger partial charge is 0.311 e. The maximum absolute atomic E-state index is 14.0. The maximum atomic E-state index is 14.0. The van der Waals surface area contributed by atoms with Gasteiger partial charge in [-0.15, -0.1) is 0 Å². The van der Waals surface area contributed by atoms with Crippen LogP contribution in [-0.2, 0) is 4.79 Å². The summed E-state index contributed by atoms with van der Waals surface area (Å²) in [6.07, 6.45) is 0. The van der Waals surface area contributed by atoms with Gasteiger partial charge in [-0.1, -0.05) is 29.8 Å². The Hall–Kier alpha value is -4.77. The van der Waals surface area contributed by atoms with Gasteiger partial charge in [-0.25, -0.2) is 4.98 Å². The lowest BCUT2D eigenvalue weighted by molar-refractivity contribution is -0.385. The highest BCUT2D eigenvalue weighted by Gasteiger charge is 2.35. The van der Waals surface area contributed by atoms with Crippen LogP contribution in [-0.4, -0.2) is 41.2 Å². The lowest BCUT2D eigenvalue weighted by Crippen LogP contribution is -2.31. The normalized spacial score (nSPS) is 14.4. The van der Waals surface area contributed by atoms with Crippen LogP contribution in [0, 0.1) is 10.1 Å². The summed E-state index contributed by atoms with van der Waals surface area (Å²) < 4.78 is 18.1. The highest BCUT2D eigenvalue weighted by molar-refractivity contribution is 6.32. The molecule has 11 nitrogen and oxygen atoms in total. The third-order valence-electron chi connectivity index (χ3n) is 6.59. The Morgan fingerprint density at radius 2 is 1.88 bits per heavy atom. The number of anilines is 2. The van der Waals surface area contributed by atoms with Crippen LogP contribution < -0.4 is 24.8 Å². The lowest BCUT2D eigenvalue weighted by atomic mass is 9.93. The molecule has 0 bridgehead atoms. The topological polar surface area (TPSA) is 130 Å². The number of imidazole rings is 1. The molecule has 0 unspecified atom stereocenters. The Labute approximate surface area is 234 Å². The van der Waals surface area contributed by atoms with Crippen LogP contribution in [0.2, 0.25) is 5.02 Å². The van der Waals surface area contributed by atoms with E-state index in [0.29, 0.717) is 50.5 Å². The first-order valence-electron chi connectivity index (χ1n) is 12.4. The number of fused-ring (bicyclic) bond motifs is 3. The third-order valence-corrected chi connectivity index (χ3v) is 6.89. The van der Waals surface area contributed by atoms with Crippen molar-refractivity contribution in [2.45, 2.75) is 19.9 Å². The first-order valence-corrected chi connectivity index (χ1v) is 12.7. The van der Waals surface area contributed by atoms with Crippen LogP contribution in [0.3, 0.4) is 0 Å². The average Bonchev–Trinajstić information content (AvgIpc) is 3.31. The molecule has 1 amide bonds. The quantitative estimate of drug-likeness (QED) is 0.199. The number of amides is 1. The number of hydrogen-bond acceptors (Lipinski definition) is 8. The fraction of sp³-hybridized carbons (Fsp3) is 0.214. The van der Waals surface area contributed by atoms with Crippen molar-refractivity contribution in [2.24, 2.45) is 0 Å². The van der Waals surface area contributed by atoms with Crippen LogP contribution in [0.25, 0.3) is 11.0 Å². The van der Waals surface area contributed by atoms with Crippen molar-refractivity contribution in [3.05, 3.63) is 86.6 Å². The van der Waals surface area contributed by atoms with Crippen molar-refractivity contribution in [1.29, 1.82) is 0 Å². The van der Waals surface area contributed by atoms with Gasteiger partial charge in [0.25, 0.3) is 5.91 Å². The highest BCUT2D eigenvalue weighted by atomic mass is 35.5. The minimum Gasteiger partial charge on any atom is -0.495 e. The van der Waals surface area contributed by atoms with Gasteiger partial charge in [0.2, 0.25) is 5.95 Å². The molecule has 5 rings (SSSR count). The van der Waals surface area contributed by atoms with E-state index in [1.165, 1.54) is 20.3 Å². The van der Waals surface area contributed by atoms with Gasteiger partial charge in [0.1, 0.15) is 11.5 Å². The van der Waals surface area contributed by atoms with Crippen molar-refractivity contribution in [3.63, 3.8) is 0 Å². The van der Waals surface area contributed by atoms with E-state index >= 15 is 0 Å². The molecule has 1 aliphatic rings. The molecule has 1 aliphatic heterocycles. The van der Waals surface area contributed by atoms with Gasteiger partial charge in [0, 0.05) is 23.9 Å². The molecule has 4 aromatic rings. The second kappa shape index (κ2) is 10.8. The molecule has 0 spiro atoms. The summed E-state index contributed by atoms with van der Waals surface area (Å²) in [4.78, 5) is 30.2. The first-order chi connectivity index (χ1) is 19.3. The number of allylic oxidation sites excluding steroid dienone is 1. The second-order valence-corrected chi connectivity index (χ2v) is 9.33. The Morgan fingerprint density at radius 1 is 1.12 bits per heavy atom. The van der Waals surface area contributed by atoms with E-state index in [-0.39, 0.29) is 18.0 Å². The molecule has 0 saturated heterocycles. The molecule has 0 fully saturated rings. The number of para-hydroxylation sites is 2. The molecule has 1 atom stereocenters. The predicted molar refractivity (Wildman–Crippen MR) is 152 cm³/mol. The van der Waals surface area contributed by atoms with Gasteiger partial charge in [-0.3, -0.25) is 19.5 Å². The summed E-state index contributed by atoms with van der Waals surface area (Å²) in [5.74, 6) is 0.876. The number of carbonyl (C=O) groups is 1. The van der Waals surface area contributed by atoms with E-state index in [0.717, 1.165) is 5.52 Å². The number of carbonyl (C=O) groups excluding carboxylic acids is 1. The number of rotatable bonds is 8. The molecule has 0 aliphatic carbocycles. The molecule has 1 aromatic heterocycles. The highest BCUT2D eigenvalue weighted by Crippen LogP contribution is 2.43. The lowest BCUT2D eigenvalue weighted by Gasteiger charge is -2.31. The second-order valence-electron chi connectivity index (χ2n) is 8.92. The first kappa shape index (κ1) is 26.8. The van der Waals surface area contributed by atoms with Gasteiger partial charge in [0.15, 0.2) is 5.75 Å². The van der Waals surface area contributed by atoms with Crippen molar-refractivity contribution in [1.82, 2.24) is 9.55 Å². The van der Waals surface area contributed by atoms with Crippen molar-refractivity contribution in [2.75, 3.05) is 31.5 Å². The van der Waals surface area contributed by atoms with E-state index in [2.05, 4.69) is 10.6 Å². The average molecular weight is 564 g/mol. The van der Waals surface area contributed by atoms with E-state index < -0.39 is 16.9 Å². The zero-order valence-corrected chi connectivity index (χ0v) is 22.9. The van der Waals surface area contributed by atoms with Crippen molar-refractivity contribution < 1.29 is 23.9 Å². The monoisotopic (exact) mass is 563 g/mol. The number of halogens is 1. The fourth-order valence-corrected chi connectivity index (χ4v) is 5.08. The predicted octanol–water partition coefficient (Wildman–Crippen LogP) is 5.94. The Morgan fingerprint density at radius 3 is 2.58 bits per heavy atom. The Kier molecular flexibility index (Phi) is 7.22. The zero-order valence-electron chi connectivity index (χ0n) is 22.1. The molecule has 0 saturated carbocycles. The molecule has 2 heterocycles. The number of nitrogens with one attached hydrogen (secondary N) is 2. The minimum atomic E-state index is -0.766. The van der Waals surface area contributed by atoms with E-state index in [1.807, 2.05) is 28.8 Å². The summed E-state index contributed by atoms with van der Waals surface area (Å²) >= 11 is 6.25. The number of nitrogens with zero attached hydrogens (tertiary/aromatic N) is 3. The van der Waals surface area contributed by atoms with E-state index in [4.69, 9.17) is 30.8 Å². The summed E-state index contributed by atoms with van der Waals surface area (Å²) in [6.45, 7) is 3.78. The molecule has 12 heteroatoms. The van der Waals surface area contributed by atoms with Crippen LogP contribution >= 0.6 is 11.6 Å². The molecular formula is C28H26ClN5O6. The third kappa shape index (κ3) is 4.64. The van der Waals surface area contributed by atoms with Gasteiger partial charge < -0.3 is 24.8 Å². The number of aromatic nitrogens is 2. The van der Waals surface area contributed by atoms with Gasteiger partial charge >= 0.3 is 5.69 Å². The molecular weight excluding hydrogens is 538 g/mol. The number of methoxy groups -OCH3 is 2. The molecule has 40 heavy (non-hydrogen) atoms. The SMILES string of the molecule is CCOc1ccc([C@@H]2C(C(=O)Nc3cc(OC)c(Cl)cc3OC)=C(C)Nc3nc4ccccc4n32)cc1[N+](=O)[O-]. The summed E-state index contributed by atoms with van der Waals surface area (Å²) in [6, 6.07) is 14.5. The largest absolute Gasteiger partial charge is 0.495 e. The summed E-state index contributed by atoms with van der Waals surface area (Å²) in [5.41, 5.74) is 2.94. The number of hydrogen-bond donors (Lipinski definition) is 2. The Balaban J connectivity index is 1.68. The van der Waals surface area contributed by atoms with Crippen molar-refractivity contribution >= 4 is 45.9 Å². The molecule has 3 aromatic carbocycles. The summed E-state index contributed by atoms with van der Waals surface area (Å²) in [7, 11) is 2.93. The van der Waals surface area contributed by atoms with Gasteiger partial charge in [-0.2, -0.15) is 0 Å².